The summed E-state index contributed by atoms with van der Waals surface area (Å²) in [4.78, 5) is 26.0. The van der Waals surface area contributed by atoms with Crippen LogP contribution in [-0.2, 0) is 27.2 Å². The molecule has 0 bridgehead atoms. The summed E-state index contributed by atoms with van der Waals surface area (Å²) in [6.07, 6.45) is 4.96. The summed E-state index contributed by atoms with van der Waals surface area (Å²) in [6.45, 7) is 3.15. The Labute approximate surface area is 150 Å². The number of carbonyl (C=O) groups excluding carboxylic acids is 1. The SMILES string of the molecule is CCCCc1ccc(CC(=O)N2CCCC(COC)(C(=O)O)C2)cc1. The van der Waals surface area contributed by atoms with E-state index in [0.717, 1.165) is 12.0 Å². The first-order valence-corrected chi connectivity index (χ1v) is 9.08. The molecule has 0 aromatic heterocycles. The number of aryl methyl sites for hydroxylation is 1. The molecular weight excluding hydrogens is 318 g/mol. The number of piperidine rings is 1. The van der Waals surface area contributed by atoms with Crippen molar-refractivity contribution in [3.8, 4) is 0 Å². The Morgan fingerprint density at radius 1 is 1.24 bits per heavy atom. The van der Waals surface area contributed by atoms with Gasteiger partial charge < -0.3 is 14.7 Å². The van der Waals surface area contributed by atoms with Crippen molar-refractivity contribution < 1.29 is 19.4 Å². The van der Waals surface area contributed by atoms with Crippen molar-refractivity contribution in [2.45, 2.75) is 45.4 Å². The maximum atomic E-state index is 12.6. The summed E-state index contributed by atoms with van der Waals surface area (Å²) in [5, 5.41) is 9.59. The fraction of sp³-hybridized carbons (Fsp3) is 0.600. The summed E-state index contributed by atoms with van der Waals surface area (Å²) in [5.74, 6) is -0.894. The van der Waals surface area contributed by atoms with E-state index < -0.39 is 11.4 Å². The molecule has 25 heavy (non-hydrogen) atoms. The zero-order valence-corrected chi connectivity index (χ0v) is 15.3. The predicted octanol–water partition coefficient (Wildman–Crippen LogP) is 2.91. The first kappa shape index (κ1) is 19.4. The topological polar surface area (TPSA) is 66.8 Å². The van der Waals surface area contributed by atoms with Crippen LogP contribution in [-0.4, -0.2) is 48.7 Å². The maximum absolute atomic E-state index is 12.6. The third-order valence-electron chi connectivity index (χ3n) is 5.00. The number of ether oxygens (including phenoxy) is 1. The lowest BCUT2D eigenvalue weighted by Gasteiger charge is -2.39. The number of carbonyl (C=O) groups is 2. The second kappa shape index (κ2) is 8.99. The van der Waals surface area contributed by atoms with E-state index in [2.05, 4.69) is 19.1 Å². The number of aliphatic carboxylic acids is 1. The number of unbranched alkanes of at least 4 members (excludes halogenated alkanes) is 1. The van der Waals surface area contributed by atoms with Gasteiger partial charge in [0.2, 0.25) is 5.91 Å². The number of likely N-dealkylation sites (tertiary alicyclic amines) is 1. The van der Waals surface area contributed by atoms with Gasteiger partial charge in [-0.15, -0.1) is 0 Å². The monoisotopic (exact) mass is 347 g/mol. The number of hydrogen-bond donors (Lipinski definition) is 1. The number of hydrogen-bond acceptors (Lipinski definition) is 3. The van der Waals surface area contributed by atoms with E-state index in [9.17, 15) is 14.7 Å². The molecule has 1 atom stereocenters. The smallest absolute Gasteiger partial charge is 0.313 e. The molecule has 1 fully saturated rings. The fourth-order valence-corrected chi connectivity index (χ4v) is 3.47. The maximum Gasteiger partial charge on any atom is 0.313 e. The molecular formula is C20H29NO4. The summed E-state index contributed by atoms with van der Waals surface area (Å²) < 4.78 is 5.12. The molecule has 0 aliphatic carbocycles. The molecule has 1 aromatic carbocycles. The van der Waals surface area contributed by atoms with E-state index in [1.165, 1.54) is 25.5 Å². The van der Waals surface area contributed by atoms with Crippen LogP contribution >= 0.6 is 0 Å². The molecule has 0 spiro atoms. The highest BCUT2D eigenvalue weighted by molar-refractivity contribution is 5.81. The highest BCUT2D eigenvalue weighted by Gasteiger charge is 2.43. The zero-order valence-electron chi connectivity index (χ0n) is 15.3. The molecule has 138 valence electrons. The average Bonchev–Trinajstić information content (AvgIpc) is 2.61. The number of methoxy groups -OCH3 is 1. The van der Waals surface area contributed by atoms with Crippen molar-refractivity contribution in [1.82, 2.24) is 4.90 Å². The molecule has 0 saturated carbocycles. The van der Waals surface area contributed by atoms with Gasteiger partial charge in [-0.3, -0.25) is 9.59 Å². The Kier molecular flexibility index (Phi) is 7.00. The van der Waals surface area contributed by atoms with E-state index in [1.54, 1.807) is 4.90 Å². The van der Waals surface area contributed by atoms with Gasteiger partial charge in [0.05, 0.1) is 13.0 Å². The van der Waals surface area contributed by atoms with Crippen molar-refractivity contribution >= 4 is 11.9 Å². The largest absolute Gasteiger partial charge is 0.481 e. The summed E-state index contributed by atoms with van der Waals surface area (Å²) in [5.41, 5.74) is 1.29. The second-order valence-corrected chi connectivity index (χ2v) is 7.03. The summed E-state index contributed by atoms with van der Waals surface area (Å²) >= 11 is 0. The third kappa shape index (κ3) is 5.05. The zero-order chi connectivity index (χ0) is 18.3. The van der Waals surface area contributed by atoms with Gasteiger partial charge in [0.1, 0.15) is 5.41 Å². The van der Waals surface area contributed by atoms with Crippen molar-refractivity contribution in [3.63, 3.8) is 0 Å². The van der Waals surface area contributed by atoms with Crippen LogP contribution in [0.4, 0.5) is 0 Å². The van der Waals surface area contributed by atoms with Gasteiger partial charge in [-0.1, -0.05) is 37.6 Å². The Bertz CT molecular complexity index is 580. The third-order valence-corrected chi connectivity index (χ3v) is 5.00. The molecule has 1 amide bonds. The molecule has 2 rings (SSSR count). The number of amides is 1. The number of carboxylic acids is 1. The standard InChI is InChI=1S/C20H29NO4/c1-3-4-6-16-7-9-17(10-8-16)13-18(22)21-12-5-11-20(14-21,15-25-2)19(23)24/h7-10H,3-6,11-15H2,1-2H3,(H,23,24). The summed E-state index contributed by atoms with van der Waals surface area (Å²) in [7, 11) is 1.51. The van der Waals surface area contributed by atoms with Crippen molar-refractivity contribution in [2.75, 3.05) is 26.8 Å². The van der Waals surface area contributed by atoms with Gasteiger partial charge in [0, 0.05) is 20.2 Å². The van der Waals surface area contributed by atoms with Gasteiger partial charge in [-0.25, -0.2) is 0 Å². The number of benzene rings is 1. The first-order valence-electron chi connectivity index (χ1n) is 9.08. The Hall–Kier alpha value is -1.88. The lowest BCUT2D eigenvalue weighted by atomic mass is 9.80. The first-order chi connectivity index (χ1) is 12.0. The van der Waals surface area contributed by atoms with Crippen LogP contribution in [0.25, 0.3) is 0 Å². The van der Waals surface area contributed by atoms with E-state index in [-0.39, 0.29) is 19.1 Å². The molecule has 1 unspecified atom stereocenters. The minimum absolute atomic E-state index is 0.0114. The molecule has 1 N–H and O–H groups in total. The minimum atomic E-state index is -0.979. The molecule has 1 aliphatic heterocycles. The van der Waals surface area contributed by atoms with E-state index in [0.29, 0.717) is 25.8 Å². The normalized spacial score (nSPS) is 20.5. The van der Waals surface area contributed by atoms with Gasteiger partial charge >= 0.3 is 5.97 Å². The predicted molar refractivity (Wildman–Crippen MR) is 96.5 cm³/mol. The van der Waals surface area contributed by atoms with Crippen LogP contribution in [0.1, 0.15) is 43.7 Å². The molecule has 5 nitrogen and oxygen atoms in total. The van der Waals surface area contributed by atoms with Crippen molar-refractivity contribution in [1.29, 1.82) is 0 Å². The number of nitrogens with zero attached hydrogens (tertiary/aromatic N) is 1. The molecule has 1 saturated heterocycles. The lowest BCUT2D eigenvalue weighted by Crippen LogP contribution is -2.52. The van der Waals surface area contributed by atoms with Gasteiger partial charge in [0.15, 0.2) is 0 Å². The van der Waals surface area contributed by atoms with E-state index in [4.69, 9.17) is 4.74 Å². The second-order valence-electron chi connectivity index (χ2n) is 7.03. The Morgan fingerprint density at radius 3 is 2.52 bits per heavy atom. The summed E-state index contributed by atoms with van der Waals surface area (Å²) in [6, 6.07) is 8.18. The fourth-order valence-electron chi connectivity index (χ4n) is 3.47. The number of rotatable bonds is 8. The van der Waals surface area contributed by atoms with Crippen LogP contribution in [0, 0.1) is 5.41 Å². The highest BCUT2D eigenvalue weighted by atomic mass is 16.5. The molecule has 5 heteroatoms. The van der Waals surface area contributed by atoms with Gasteiger partial charge in [0.25, 0.3) is 0 Å². The Balaban J connectivity index is 1.98. The average molecular weight is 347 g/mol. The van der Waals surface area contributed by atoms with Crippen molar-refractivity contribution in [3.05, 3.63) is 35.4 Å². The highest BCUT2D eigenvalue weighted by Crippen LogP contribution is 2.31. The Morgan fingerprint density at radius 2 is 1.92 bits per heavy atom. The van der Waals surface area contributed by atoms with E-state index >= 15 is 0 Å². The quantitative estimate of drug-likeness (QED) is 0.785. The molecule has 1 heterocycles. The van der Waals surface area contributed by atoms with Crippen LogP contribution in [0.15, 0.2) is 24.3 Å². The van der Waals surface area contributed by atoms with Gasteiger partial charge in [-0.2, -0.15) is 0 Å². The molecule has 1 aliphatic rings. The molecule has 0 radical (unpaired) electrons. The van der Waals surface area contributed by atoms with Crippen LogP contribution in [0.5, 0.6) is 0 Å². The number of carboxylic acid groups (broad SMARTS) is 1. The minimum Gasteiger partial charge on any atom is -0.481 e. The van der Waals surface area contributed by atoms with Crippen LogP contribution in [0.3, 0.4) is 0 Å². The molecule has 1 aromatic rings. The van der Waals surface area contributed by atoms with Crippen molar-refractivity contribution in [2.24, 2.45) is 5.41 Å². The van der Waals surface area contributed by atoms with Crippen LogP contribution in [0.2, 0.25) is 0 Å². The lowest BCUT2D eigenvalue weighted by molar-refractivity contribution is -0.159. The van der Waals surface area contributed by atoms with Gasteiger partial charge in [-0.05, 0) is 36.8 Å². The van der Waals surface area contributed by atoms with E-state index in [1.807, 2.05) is 12.1 Å². The van der Waals surface area contributed by atoms with Crippen LogP contribution < -0.4 is 0 Å².